The lowest BCUT2D eigenvalue weighted by atomic mass is 10.2. The molecule has 3 rings (SSSR count). The average Bonchev–Trinajstić information content (AvgIpc) is 2.96. The Balaban J connectivity index is 1.64. The third-order valence-electron chi connectivity index (χ3n) is 4.98. The van der Waals surface area contributed by atoms with Crippen LogP contribution in [0.2, 0.25) is 0 Å². The molecule has 1 saturated heterocycles. The summed E-state index contributed by atoms with van der Waals surface area (Å²) in [4.78, 5) is 17.0. The Kier molecular flexibility index (Phi) is 6.40. The summed E-state index contributed by atoms with van der Waals surface area (Å²) in [5.41, 5.74) is 2.16. The molecule has 8 nitrogen and oxygen atoms in total. The van der Waals surface area contributed by atoms with Gasteiger partial charge in [0.15, 0.2) is 0 Å². The lowest BCUT2D eigenvalue weighted by molar-refractivity contribution is -0.0440. The Bertz CT molecular complexity index is 962. The summed E-state index contributed by atoms with van der Waals surface area (Å²) in [6.45, 7) is 8.20. The van der Waals surface area contributed by atoms with Crippen LogP contribution in [0.15, 0.2) is 30.5 Å². The van der Waals surface area contributed by atoms with Crippen LogP contribution < -0.4 is 5.32 Å². The van der Waals surface area contributed by atoms with Crippen LogP contribution in [0.3, 0.4) is 0 Å². The van der Waals surface area contributed by atoms with Crippen molar-refractivity contribution in [3.8, 4) is 5.82 Å². The number of carbonyl (C=O) groups excluding carboxylic acids is 1. The minimum absolute atomic E-state index is 0.0501. The van der Waals surface area contributed by atoms with Crippen LogP contribution in [0.4, 0.5) is 0 Å². The summed E-state index contributed by atoms with van der Waals surface area (Å²) in [6.07, 6.45) is 1.42. The Morgan fingerprint density at radius 2 is 1.93 bits per heavy atom. The second-order valence-electron chi connectivity index (χ2n) is 7.45. The standard InChI is InChI=1S/C20H28N4O4S/c1-14-11-18(17(4)24(14)19-7-5-6-8-21-19)20(25)22-9-10-29(26,27)23-12-15(2)28-16(3)13-23/h5-8,11,15-16H,9-10,12-13H2,1-4H3,(H,22,25)/t15-,16-/m0/s1. The van der Waals surface area contributed by atoms with Gasteiger partial charge in [-0.15, -0.1) is 0 Å². The molecule has 1 aliphatic rings. The number of aryl methyl sites for hydroxylation is 1. The second-order valence-corrected chi connectivity index (χ2v) is 9.54. The van der Waals surface area contributed by atoms with Gasteiger partial charge < -0.3 is 14.6 Å². The number of nitrogens with zero attached hydrogens (tertiary/aromatic N) is 3. The van der Waals surface area contributed by atoms with Gasteiger partial charge in [-0.3, -0.25) is 4.79 Å². The molecule has 0 aliphatic carbocycles. The van der Waals surface area contributed by atoms with Gasteiger partial charge >= 0.3 is 0 Å². The normalized spacial score (nSPS) is 20.6. The minimum atomic E-state index is -3.46. The highest BCUT2D eigenvalue weighted by Gasteiger charge is 2.30. The highest BCUT2D eigenvalue weighted by molar-refractivity contribution is 7.89. The molecule has 0 unspecified atom stereocenters. The summed E-state index contributed by atoms with van der Waals surface area (Å²) in [5, 5.41) is 2.74. The molecule has 29 heavy (non-hydrogen) atoms. The predicted molar refractivity (Wildman–Crippen MR) is 111 cm³/mol. The van der Waals surface area contributed by atoms with Crippen molar-refractivity contribution in [3.63, 3.8) is 0 Å². The first-order chi connectivity index (χ1) is 13.7. The van der Waals surface area contributed by atoms with Gasteiger partial charge in [-0.05, 0) is 45.9 Å². The lowest BCUT2D eigenvalue weighted by Crippen LogP contribution is -2.49. The van der Waals surface area contributed by atoms with Gasteiger partial charge in [-0.2, -0.15) is 4.31 Å². The third-order valence-corrected chi connectivity index (χ3v) is 6.78. The van der Waals surface area contributed by atoms with Crippen LogP contribution in [-0.2, 0) is 14.8 Å². The molecule has 2 aromatic heterocycles. The fraction of sp³-hybridized carbons (Fsp3) is 0.500. The minimum Gasteiger partial charge on any atom is -0.373 e. The molecule has 0 aromatic carbocycles. The Hall–Kier alpha value is -2.23. The van der Waals surface area contributed by atoms with E-state index in [0.717, 1.165) is 17.2 Å². The number of rotatable bonds is 6. The topological polar surface area (TPSA) is 93.5 Å². The van der Waals surface area contributed by atoms with Gasteiger partial charge in [0.25, 0.3) is 5.91 Å². The van der Waals surface area contributed by atoms with Crippen LogP contribution in [0.5, 0.6) is 0 Å². The number of morpholine rings is 1. The highest BCUT2D eigenvalue weighted by Crippen LogP contribution is 2.19. The summed E-state index contributed by atoms with van der Waals surface area (Å²) in [6, 6.07) is 7.39. The maximum Gasteiger partial charge on any atom is 0.253 e. The smallest absolute Gasteiger partial charge is 0.253 e. The molecule has 1 N–H and O–H groups in total. The first-order valence-electron chi connectivity index (χ1n) is 9.71. The number of pyridine rings is 1. The van der Waals surface area contributed by atoms with Crippen molar-refractivity contribution in [2.75, 3.05) is 25.4 Å². The van der Waals surface area contributed by atoms with Gasteiger partial charge in [0.05, 0.1) is 23.5 Å². The Morgan fingerprint density at radius 1 is 1.24 bits per heavy atom. The molecule has 0 saturated carbocycles. The van der Waals surface area contributed by atoms with Crippen molar-refractivity contribution in [1.82, 2.24) is 19.2 Å². The van der Waals surface area contributed by atoms with Crippen molar-refractivity contribution < 1.29 is 17.9 Å². The maximum atomic E-state index is 12.7. The van der Waals surface area contributed by atoms with Gasteiger partial charge in [0.2, 0.25) is 10.0 Å². The quantitative estimate of drug-likeness (QED) is 0.767. The van der Waals surface area contributed by atoms with Crippen molar-refractivity contribution in [1.29, 1.82) is 0 Å². The van der Waals surface area contributed by atoms with E-state index in [4.69, 9.17) is 4.74 Å². The summed E-state index contributed by atoms with van der Waals surface area (Å²) < 4.78 is 34.2. The van der Waals surface area contributed by atoms with Crippen LogP contribution in [0.1, 0.15) is 35.6 Å². The molecule has 2 aromatic rings. The molecule has 1 amide bonds. The number of hydrogen-bond donors (Lipinski definition) is 1. The van der Waals surface area contributed by atoms with E-state index in [2.05, 4.69) is 10.3 Å². The molecule has 0 spiro atoms. The second kappa shape index (κ2) is 8.64. The summed E-state index contributed by atoms with van der Waals surface area (Å²) in [5.74, 6) is 0.302. The first-order valence-corrected chi connectivity index (χ1v) is 11.3. The Morgan fingerprint density at radius 3 is 2.55 bits per heavy atom. The SMILES string of the molecule is Cc1cc(C(=O)NCCS(=O)(=O)N2C[C@H](C)O[C@@H](C)C2)c(C)n1-c1ccccn1. The van der Waals surface area contributed by atoms with E-state index in [9.17, 15) is 13.2 Å². The fourth-order valence-corrected chi connectivity index (χ4v) is 5.20. The predicted octanol–water partition coefficient (Wildman–Crippen LogP) is 1.66. The van der Waals surface area contributed by atoms with Crippen LogP contribution in [0.25, 0.3) is 5.82 Å². The van der Waals surface area contributed by atoms with Crippen LogP contribution in [-0.4, -0.2) is 65.8 Å². The molecule has 2 atom stereocenters. The van der Waals surface area contributed by atoms with Gasteiger partial charge in [0.1, 0.15) is 5.82 Å². The molecule has 0 radical (unpaired) electrons. The van der Waals surface area contributed by atoms with Crippen LogP contribution >= 0.6 is 0 Å². The molecule has 3 heterocycles. The van der Waals surface area contributed by atoms with Crippen molar-refractivity contribution in [3.05, 3.63) is 47.4 Å². The summed E-state index contributed by atoms with van der Waals surface area (Å²) in [7, 11) is -3.46. The largest absolute Gasteiger partial charge is 0.373 e. The zero-order valence-electron chi connectivity index (χ0n) is 17.3. The number of nitrogens with one attached hydrogen (secondary N) is 1. The maximum absolute atomic E-state index is 12.7. The van der Waals surface area contributed by atoms with E-state index >= 15 is 0 Å². The van der Waals surface area contributed by atoms with Crippen molar-refractivity contribution in [2.45, 2.75) is 39.9 Å². The number of hydrogen-bond acceptors (Lipinski definition) is 5. The highest BCUT2D eigenvalue weighted by atomic mass is 32.2. The number of ether oxygens (including phenoxy) is 1. The van der Waals surface area contributed by atoms with E-state index in [0.29, 0.717) is 18.7 Å². The van der Waals surface area contributed by atoms with E-state index < -0.39 is 10.0 Å². The van der Waals surface area contributed by atoms with Gasteiger partial charge in [-0.25, -0.2) is 13.4 Å². The Labute approximate surface area is 171 Å². The van der Waals surface area contributed by atoms with Crippen LogP contribution in [0, 0.1) is 13.8 Å². The molecular formula is C20H28N4O4S. The fourth-order valence-electron chi connectivity index (χ4n) is 3.71. The zero-order chi connectivity index (χ0) is 21.2. The monoisotopic (exact) mass is 420 g/mol. The number of sulfonamides is 1. The first kappa shape index (κ1) is 21.5. The molecule has 0 bridgehead atoms. The van der Waals surface area contributed by atoms with E-state index in [1.54, 1.807) is 12.3 Å². The number of carbonyl (C=O) groups is 1. The van der Waals surface area contributed by atoms with E-state index in [1.807, 2.05) is 50.5 Å². The molecule has 1 fully saturated rings. The van der Waals surface area contributed by atoms with Gasteiger partial charge in [-0.1, -0.05) is 6.07 Å². The number of amides is 1. The average molecular weight is 421 g/mol. The molecule has 1 aliphatic heterocycles. The molecule has 158 valence electrons. The number of aromatic nitrogens is 2. The van der Waals surface area contributed by atoms with Gasteiger partial charge in [0, 0.05) is 37.2 Å². The van der Waals surface area contributed by atoms with E-state index in [-0.39, 0.29) is 30.4 Å². The summed E-state index contributed by atoms with van der Waals surface area (Å²) >= 11 is 0. The van der Waals surface area contributed by atoms with E-state index in [1.165, 1.54) is 4.31 Å². The van der Waals surface area contributed by atoms with Crippen molar-refractivity contribution in [2.24, 2.45) is 0 Å². The lowest BCUT2D eigenvalue weighted by Gasteiger charge is -2.34. The molecule has 9 heteroatoms. The van der Waals surface area contributed by atoms with Crippen molar-refractivity contribution >= 4 is 15.9 Å². The third kappa shape index (κ3) is 4.85. The zero-order valence-corrected chi connectivity index (χ0v) is 18.1. The molecular weight excluding hydrogens is 392 g/mol.